The molecule has 98 valence electrons. The van der Waals surface area contributed by atoms with E-state index in [1.807, 2.05) is 0 Å². The van der Waals surface area contributed by atoms with Crippen LogP contribution in [0.5, 0.6) is 0 Å². The molecule has 0 spiro atoms. The van der Waals surface area contributed by atoms with Crippen molar-refractivity contribution in [1.82, 2.24) is 0 Å². The van der Waals surface area contributed by atoms with E-state index in [1.165, 1.54) is 69.2 Å². The molecule has 0 saturated carbocycles. The molecule has 0 bridgehead atoms. The molecule has 0 aliphatic carbocycles. The van der Waals surface area contributed by atoms with Crippen molar-refractivity contribution in [2.24, 2.45) is 0 Å². The molecule has 0 aromatic heterocycles. The van der Waals surface area contributed by atoms with Gasteiger partial charge in [-0.25, -0.2) is 0 Å². The van der Waals surface area contributed by atoms with Crippen LogP contribution in [0.25, 0.3) is 0 Å². The zero-order valence-electron chi connectivity index (χ0n) is 10.5. The van der Waals surface area contributed by atoms with Gasteiger partial charge in [0.15, 0.2) is 0 Å². The summed E-state index contributed by atoms with van der Waals surface area (Å²) in [5.74, 6) is 0.898. The van der Waals surface area contributed by atoms with Crippen LogP contribution in [0.3, 0.4) is 0 Å². The Morgan fingerprint density at radius 1 is 0.750 bits per heavy atom. The van der Waals surface area contributed by atoms with Gasteiger partial charge < -0.3 is 9.79 Å². The third-order valence-electron chi connectivity index (χ3n) is 2.70. The Hall–Kier alpha value is 0.700. The first-order valence-corrected chi connectivity index (χ1v) is 9.42. The molecule has 0 aliphatic rings. The second kappa shape index (κ2) is 13.8. The van der Waals surface area contributed by atoms with Crippen molar-refractivity contribution in [2.75, 3.05) is 5.75 Å². The summed E-state index contributed by atoms with van der Waals surface area (Å²) in [5, 5.41) is 0. The fraction of sp³-hybridized carbons (Fsp3) is 1.00. The first-order chi connectivity index (χ1) is 7.77. The lowest BCUT2D eigenvalue weighted by Crippen LogP contribution is -1.83. The molecule has 0 atom stereocenters. The molecule has 0 heterocycles. The average Bonchev–Trinajstić information content (AvgIpc) is 2.25. The third-order valence-corrected chi connectivity index (χ3v) is 4.65. The van der Waals surface area contributed by atoms with Gasteiger partial charge in [-0.2, -0.15) is 0 Å². The van der Waals surface area contributed by atoms with Gasteiger partial charge in [-0.05, 0) is 6.42 Å². The zero-order chi connectivity index (χ0) is 12.1. The monoisotopic (exact) mass is 266 g/mol. The Balaban J connectivity index is 2.88. The summed E-state index contributed by atoms with van der Waals surface area (Å²) >= 11 is 1.28. The van der Waals surface area contributed by atoms with Crippen LogP contribution >= 0.6 is 19.0 Å². The molecular weight excluding hydrogens is 239 g/mol. The fourth-order valence-corrected chi connectivity index (χ4v) is 3.11. The van der Waals surface area contributed by atoms with Gasteiger partial charge in [-0.1, -0.05) is 76.1 Å². The van der Waals surface area contributed by atoms with E-state index in [4.69, 9.17) is 9.79 Å². The van der Waals surface area contributed by atoms with Gasteiger partial charge in [-0.15, -0.1) is 0 Å². The molecule has 2 N–H and O–H groups in total. The Morgan fingerprint density at radius 2 is 1.19 bits per heavy atom. The first kappa shape index (κ1) is 16.7. The van der Waals surface area contributed by atoms with Crippen molar-refractivity contribution in [3.8, 4) is 0 Å². The maximum Gasteiger partial charge on any atom is 0.232 e. The standard InChI is InChI=1S/C12H27O2PS/c1-2-3-4-5-6-7-8-9-10-11-12-16-15(13)14/h13-14H,2-12H2,1H3. The van der Waals surface area contributed by atoms with Crippen molar-refractivity contribution in [1.29, 1.82) is 0 Å². The van der Waals surface area contributed by atoms with Crippen LogP contribution in [0.1, 0.15) is 71.1 Å². The number of hydrogen-bond acceptors (Lipinski definition) is 3. The Labute approximate surface area is 106 Å². The molecule has 0 aliphatic heterocycles. The van der Waals surface area contributed by atoms with Gasteiger partial charge in [0.2, 0.25) is 7.58 Å². The van der Waals surface area contributed by atoms with Crippen LogP contribution in [0.15, 0.2) is 0 Å². The Bertz CT molecular complexity index is 134. The summed E-state index contributed by atoms with van der Waals surface area (Å²) in [6, 6.07) is 0. The lowest BCUT2D eigenvalue weighted by molar-refractivity contribution is 0.505. The Kier molecular flexibility index (Phi) is 14.4. The summed E-state index contributed by atoms with van der Waals surface area (Å²) in [5.41, 5.74) is 0. The van der Waals surface area contributed by atoms with Gasteiger partial charge >= 0.3 is 0 Å². The molecule has 2 nitrogen and oxygen atoms in total. The number of rotatable bonds is 12. The normalized spacial score (nSPS) is 11.2. The molecule has 0 aromatic carbocycles. The van der Waals surface area contributed by atoms with Crippen LogP contribution in [-0.2, 0) is 0 Å². The minimum Gasteiger partial charge on any atom is -0.342 e. The van der Waals surface area contributed by atoms with E-state index < -0.39 is 7.58 Å². The summed E-state index contributed by atoms with van der Waals surface area (Å²) in [4.78, 5) is 17.4. The van der Waals surface area contributed by atoms with Crippen molar-refractivity contribution in [3.05, 3.63) is 0 Å². The molecular formula is C12H27O2PS. The largest absolute Gasteiger partial charge is 0.342 e. The van der Waals surface area contributed by atoms with Crippen LogP contribution in [-0.4, -0.2) is 15.5 Å². The second-order valence-electron chi connectivity index (χ2n) is 4.27. The maximum absolute atomic E-state index is 8.68. The van der Waals surface area contributed by atoms with E-state index in [2.05, 4.69) is 6.92 Å². The molecule has 0 amide bonds. The van der Waals surface area contributed by atoms with Crippen LogP contribution in [0, 0.1) is 0 Å². The molecule has 0 fully saturated rings. The van der Waals surface area contributed by atoms with Crippen molar-refractivity contribution >= 4 is 19.0 Å². The van der Waals surface area contributed by atoms with Gasteiger partial charge in [0.05, 0.1) is 0 Å². The predicted molar refractivity (Wildman–Crippen MR) is 75.7 cm³/mol. The van der Waals surface area contributed by atoms with Crippen LogP contribution < -0.4 is 0 Å². The first-order valence-electron chi connectivity index (χ1n) is 6.58. The summed E-state index contributed by atoms with van der Waals surface area (Å²) in [7, 11) is -1.72. The Morgan fingerprint density at radius 3 is 1.62 bits per heavy atom. The number of hydrogen-bond donors (Lipinski definition) is 2. The minimum absolute atomic E-state index is 0.898. The predicted octanol–water partition coefficient (Wildman–Crippen LogP) is 4.85. The summed E-state index contributed by atoms with van der Waals surface area (Å²) < 4.78 is 0. The lowest BCUT2D eigenvalue weighted by atomic mass is 10.1. The van der Waals surface area contributed by atoms with Crippen molar-refractivity contribution < 1.29 is 9.79 Å². The highest BCUT2D eigenvalue weighted by atomic mass is 32.7. The van der Waals surface area contributed by atoms with Gasteiger partial charge in [0.25, 0.3) is 0 Å². The second-order valence-corrected chi connectivity index (χ2v) is 7.19. The van der Waals surface area contributed by atoms with Crippen molar-refractivity contribution in [3.63, 3.8) is 0 Å². The highest BCUT2D eigenvalue weighted by molar-refractivity contribution is 8.52. The highest BCUT2D eigenvalue weighted by Gasteiger charge is 1.98. The topological polar surface area (TPSA) is 40.5 Å². The van der Waals surface area contributed by atoms with E-state index in [0.717, 1.165) is 12.2 Å². The van der Waals surface area contributed by atoms with Crippen molar-refractivity contribution in [2.45, 2.75) is 71.1 Å². The van der Waals surface area contributed by atoms with Gasteiger partial charge in [-0.3, -0.25) is 0 Å². The quantitative estimate of drug-likeness (QED) is 0.392. The maximum atomic E-state index is 8.68. The molecule has 0 rings (SSSR count). The molecule has 0 unspecified atom stereocenters. The fourth-order valence-electron chi connectivity index (χ4n) is 1.74. The van der Waals surface area contributed by atoms with E-state index in [1.54, 1.807) is 0 Å². The molecule has 16 heavy (non-hydrogen) atoms. The highest BCUT2D eigenvalue weighted by Crippen LogP contribution is 2.41. The number of unbranched alkanes of at least 4 members (excludes halogenated alkanes) is 9. The van der Waals surface area contributed by atoms with E-state index in [9.17, 15) is 0 Å². The SMILES string of the molecule is CCCCCCCCCCCCSP(O)O. The van der Waals surface area contributed by atoms with Crippen LogP contribution in [0.4, 0.5) is 0 Å². The van der Waals surface area contributed by atoms with Gasteiger partial charge in [0, 0.05) is 5.75 Å². The lowest BCUT2D eigenvalue weighted by Gasteiger charge is -2.03. The molecule has 0 saturated heterocycles. The zero-order valence-corrected chi connectivity index (χ0v) is 12.2. The molecule has 0 radical (unpaired) electrons. The summed E-state index contributed by atoms with van der Waals surface area (Å²) in [6.07, 6.45) is 13.3. The molecule has 4 heteroatoms. The van der Waals surface area contributed by atoms with E-state index in [-0.39, 0.29) is 0 Å². The van der Waals surface area contributed by atoms with Crippen LogP contribution in [0.2, 0.25) is 0 Å². The van der Waals surface area contributed by atoms with E-state index >= 15 is 0 Å². The average molecular weight is 266 g/mol. The molecule has 0 aromatic rings. The smallest absolute Gasteiger partial charge is 0.232 e. The summed E-state index contributed by atoms with van der Waals surface area (Å²) in [6.45, 7) is 2.25. The third kappa shape index (κ3) is 14.7. The van der Waals surface area contributed by atoms with E-state index in [0.29, 0.717) is 0 Å². The van der Waals surface area contributed by atoms with Gasteiger partial charge in [0.1, 0.15) is 0 Å². The minimum atomic E-state index is -1.72.